The Morgan fingerprint density at radius 3 is 2.46 bits per heavy atom. The van der Waals surface area contributed by atoms with Gasteiger partial charge in [-0.15, -0.1) is 0 Å². The summed E-state index contributed by atoms with van der Waals surface area (Å²) in [6, 6.07) is 5.76. The summed E-state index contributed by atoms with van der Waals surface area (Å²) in [4.78, 5) is 40.4. The summed E-state index contributed by atoms with van der Waals surface area (Å²) < 4.78 is 0. The number of hydrogen-bond acceptors (Lipinski definition) is 4. The molecule has 0 unspecified atom stereocenters. The average molecular weight is 330 g/mol. The van der Waals surface area contributed by atoms with Crippen LogP contribution in [0, 0.1) is 13.8 Å². The van der Waals surface area contributed by atoms with Crippen molar-refractivity contribution in [3.63, 3.8) is 0 Å². The van der Waals surface area contributed by atoms with Gasteiger partial charge in [0.15, 0.2) is 0 Å². The highest BCUT2D eigenvalue weighted by Gasteiger charge is 2.32. The fourth-order valence-corrected chi connectivity index (χ4v) is 3.13. The van der Waals surface area contributed by atoms with Gasteiger partial charge in [0, 0.05) is 31.9 Å². The monoisotopic (exact) mass is 330 g/mol. The number of aryl methyl sites for hydroxylation is 1. The Balaban J connectivity index is 1.59. The van der Waals surface area contributed by atoms with Gasteiger partial charge in [0.1, 0.15) is 6.54 Å². The minimum Gasteiger partial charge on any atom is -0.368 e. The maximum absolute atomic E-state index is 12.3. The fraction of sp³-hybridized carbons (Fsp3) is 0.471. The summed E-state index contributed by atoms with van der Waals surface area (Å²) in [5.74, 6) is -0.525. The Hall–Kier alpha value is -2.57. The second-order valence-electron chi connectivity index (χ2n) is 6.23. The second kappa shape index (κ2) is 6.51. The molecule has 0 bridgehead atoms. The van der Waals surface area contributed by atoms with Crippen molar-refractivity contribution in [1.29, 1.82) is 0 Å². The van der Waals surface area contributed by atoms with Gasteiger partial charge in [-0.25, -0.2) is 4.79 Å². The smallest absolute Gasteiger partial charge is 0.325 e. The molecule has 0 saturated carbocycles. The van der Waals surface area contributed by atoms with E-state index in [1.165, 1.54) is 16.8 Å². The van der Waals surface area contributed by atoms with E-state index in [1.54, 1.807) is 4.90 Å². The molecule has 2 aliphatic rings. The number of amides is 4. The third-order valence-corrected chi connectivity index (χ3v) is 4.78. The molecule has 0 radical (unpaired) electrons. The van der Waals surface area contributed by atoms with Crippen LogP contribution in [-0.4, -0.2) is 66.9 Å². The molecule has 1 N–H and O–H groups in total. The molecular weight excluding hydrogens is 308 g/mol. The van der Waals surface area contributed by atoms with Crippen LogP contribution < -0.4 is 10.2 Å². The molecule has 128 valence electrons. The SMILES string of the molecule is Cc1cccc(N2CCN(C(=O)CN3C(=O)CNC3=O)CC2)c1C. The Bertz CT molecular complexity index is 664. The first-order chi connectivity index (χ1) is 11.5. The molecular formula is C17H22N4O3. The van der Waals surface area contributed by atoms with Gasteiger partial charge in [0.05, 0.1) is 6.54 Å². The van der Waals surface area contributed by atoms with Gasteiger partial charge in [-0.1, -0.05) is 12.1 Å². The number of urea groups is 1. The zero-order valence-electron chi connectivity index (χ0n) is 14.0. The standard InChI is InChI=1S/C17H22N4O3/c1-12-4-3-5-14(13(12)2)19-6-8-20(9-7-19)16(23)11-21-15(22)10-18-17(21)24/h3-5H,6-11H2,1-2H3,(H,18,24). The molecule has 4 amide bonds. The summed E-state index contributed by atoms with van der Waals surface area (Å²) in [5, 5.41) is 2.43. The number of rotatable bonds is 3. The topological polar surface area (TPSA) is 73.0 Å². The zero-order valence-corrected chi connectivity index (χ0v) is 14.0. The van der Waals surface area contributed by atoms with E-state index < -0.39 is 6.03 Å². The van der Waals surface area contributed by atoms with E-state index in [-0.39, 0.29) is 24.9 Å². The first-order valence-corrected chi connectivity index (χ1v) is 8.14. The van der Waals surface area contributed by atoms with Gasteiger partial charge in [-0.3, -0.25) is 14.5 Å². The number of anilines is 1. The molecule has 0 atom stereocenters. The van der Waals surface area contributed by atoms with E-state index in [4.69, 9.17) is 0 Å². The van der Waals surface area contributed by atoms with Crippen molar-refractivity contribution in [3.05, 3.63) is 29.3 Å². The molecule has 7 heteroatoms. The van der Waals surface area contributed by atoms with Crippen LogP contribution in [0.5, 0.6) is 0 Å². The lowest BCUT2D eigenvalue weighted by molar-refractivity contribution is -0.136. The minimum atomic E-state index is -0.484. The largest absolute Gasteiger partial charge is 0.368 e. The van der Waals surface area contributed by atoms with Crippen molar-refractivity contribution in [2.75, 3.05) is 44.2 Å². The summed E-state index contributed by atoms with van der Waals surface area (Å²) in [6.07, 6.45) is 0. The molecule has 2 fully saturated rings. The van der Waals surface area contributed by atoms with Crippen LogP contribution in [-0.2, 0) is 9.59 Å². The van der Waals surface area contributed by atoms with E-state index >= 15 is 0 Å². The molecule has 0 spiro atoms. The van der Waals surface area contributed by atoms with E-state index in [1.807, 2.05) is 6.07 Å². The number of nitrogens with zero attached hydrogens (tertiary/aromatic N) is 3. The Morgan fingerprint density at radius 1 is 1.12 bits per heavy atom. The van der Waals surface area contributed by atoms with Gasteiger partial charge in [-0.05, 0) is 31.0 Å². The number of imide groups is 1. The molecule has 2 heterocycles. The maximum Gasteiger partial charge on any atom is 0.325 e. The lowest BCUT2D eigenvalue weighted by atomic mass is 10.1. The van der Waals surface area contributed by atoms with E-state index in [0.29, 0.717) is 13.1 Å². The van der Waals surface area contributed by atoms with Crippen LogP contribution in [0.2, 0.25) is 0 Å². The van der Waals surface area contributed by atoms with Crippen molar-refractivity contribution >= 4 is 23.5 Å². The zero-order chi connectivity index (χ0) is 17.3. The Morgan fingerprint density at radius 2 is 1.83 bits per heavy atom. The fourth-order valence-electron chi connectivity index (χ4n) is 3.13. The summed E-state index contributed by atoms with van der Waals surface area (Å²) in [6.45, 7) is 6.69. The highest BCUT2D eigenvalue weighted by molar-refractivity contribution is 6.04. The molecule has 2 aliphatic heterocycles. The number of nitrogens with one attached hydrogen (secondary N) is 1. The highest BCUT2D eigenvalue weighted by atomic mass is 16.2. The predicted octanol–water partition coefficient (Wildman–Crippen LogP) is 0.504. The van der Waals surface area contributed by atoms with Crippen LogP contribution in [0.15, 0.2) is 18.2 Å². The van der Waals surface area contributed by atoms with Crippen LogP contribution in [0.4, 0.5) is 10.5 Å². The van der Waals surface area contributed by atoms with Gasteiger partial charge in [0.25, 0.3) is 5.91 Å². The van der Waals surface area contributed by atoms with Crippen molar-refractivity contribution in [2.45, 2.75) is 13.8 Å². The Kier molecular flexibility index (Phi) is 4.42. The molecule has 24 heavy (non-hydrogen) atoms. The van der Waals surface area contributed by atoms with Crippen molar-refractivity contribution in [2.24, 2.45) is 0 Å². The average Bonchev–Trinajstić information content (AvgIpc) is 2.89. The van der Waals surface area contributed by atoms with Crippen LogP contribution in [0.25, 0.3) is 0 Å². The van der Waals surface area contributed by atoms with Crippen LogP contribution in [0.3, 0.4) is 0 Å². The predicted molar refractivity (Wildman–Crippen MR) is 89.8 cm³/mol. The van der Waals surface area contributed by atoms with E-state index in [9.17, 15) is 14.4 Å². The summed E-state index contributed by atoms with van der Waals surface area (Å²) in [5.41, 5.74) is 3.72. The first-order valence-electron chi connectivity index (χ1n) is 8.14. The van der Waals surface area contributed by atoms with Crippen LogP contribution >= 0.6 is 0 Å². The molecule has 1 aromatic rings. The lowest BCUT2D eigenvalue weighted by Crippen LogP contribution is -2.52. The molecule has 7 nitrogen and oxygen atoms in total. The van der Waals surface area contributed by atoms with E-state index in [2.05, 4.69) is 36.2 Å². The molecule has 0 aliphatic carbocycles. The first kappa shape index (κ1) is 16.3. The molecule has 1 aromatic carbocycles. The normalized spacial score (nSPS) is 18.2. The van der Waals surface area contributed by atoms with Crippen molar-refractivity contribution in [3.8, 4) is 0 Å². The van der Waals surface area contributed by atoms with Gasteiger partial charge >= 0.3 is 6.03 Å². The van der Waals surface area contributed by atoms with Crippen molar-refractivity contribution < 1.29 is 14.4 Å². The van der Waals surface area contributed by atoms with Gasteiger partial charge < -0.3 is 15.1 Å². The lowest BCUT2D eigenvalue weighted by Gasteiger charge is -2.37. The molecule has 2 saturated heterocycles. The van der Waals surface area contributed by atoms with Gasteiger partial charge in [-0.2, -0.15) is 0 Å². The Labute approximate surface area is 141 Å². The van der Waals surface area contributed by atoms with Crippen molar-refractivity contribution in [1.82, 2.24) is 15.1 Å². The minimum absolute atomic E-state index is 0.0213. The number of benzene rings is 1. The number of carbonyl (C=O) groups is 3. The number of hydrogen-bond donors (Lipinski definition) is 1. The molecule has 3 rings (SSSR count). The summed E-state index contributed by atoms with van der Waals surface area (Å²) >= 11 is 0. The quantitative estimate of drug-likeness (QED) is 0.820. The summed E-state index contributed by atoms with van der Waals surface area (Å²) in [7, 11) is 0. The third kappa shape index (κ3) is 3.06. The second-order valence-corrected chi connectivity index (χ2v) is 6.23. The van der Waals surface area contributed by atoms with E-state index in [0.717, 1.165) is 18.0 Å². The third-order valence-electron chi connectivity index (χ3n) is 4.78. The maximum atomic E-state index is 12.3. The number of piperazine rings is 1. The molecule has 0 aromatic heterocycles. The van der Waals surface area contributed by atoms with Crippen LogP contribution in [0.1, 0.15) is 11.1 Å². The van der Waals surface area contributed by atoms with Gasteiger partial charge in [0.2, 0.25) is 5.91 Å². The highest BCUT2D eigenvalue weighted by Crippen LogP contribution is 2.23. The number of carbonyl (C=O) groups excluding carboxylic acids is 3.